The second-order valence-electron chi connectivity index (χ2n) is 2.10. The fourth-order valence-electron chi connectivity index (χ4n) is 0.872. The van der Waals surface area contributed by atoms with Crippen molar-refractivity contribution in [2.75, 3.05) is 0 Å². The van der Waals surface area contributed by atoms with Crippen LogP contribution >= 0.6 is 0 Å². The number of allylic oxidation sites excluding steroid dienone is 1. The molecule has 1 rings (SSSR count). The van der Waals surface area contributed by atoms with Crippen LogP contribution in [0.25, 0.3) is 6.08 Å². The summed E-state index contributed by atoms with van der Waals surface area (Å²) in [6.45, 7) is 2.90. The van der Waals surface area contributed by atoms with Crippen LogP contribution in [-0.2, 0) is 11.3 Å². The van der Waals surface area contributed by atoms with E-state index in [1.54, 1.807) is 18.6 Å². The van der Waals surface area contributed by atoms with Gasteiger partial charge in [-0.15, -0.1) is 0 Å². The zero-order chi connectivity index (χ0) is 8.10. The molecule has 11 heavy (non-hydrogen) atoms. The summed E-state index contributed by atoms with van der Waals surface area (Å²) in [6, 6.07) is 0. The molecule has 3 nitrogen and oxygen atoms in total. The Morgan fingerprint density at radius 3 is 3.18 bits per heavy atom. The molecule has 1 aromatic heterocycles. The summed E-state index contributed by atoms with van der Waals surface area (Å²) in [7, 11) is 0. The van der Waals surface area contributed by atoms with E-state index in [2.05, 4.69) is 4.98 Å². The number of carbonyl (C=O) groups is 1. The van der Waals surface area contributed by atoms with E-state index in [-0.39, 0.29) is 0 Å². The number of aryl methyl sites for hydroxylation is 1. The number of rotatable bonds is 3. The van der Waals surface area contributed by atoms with Gasteiger partial charge in [-0.3, -0.25) is 4.79 Å². The molecule has 58 valence electrons. The van der Waals surface area contributed by atoms with Gasteiger partial charge in [-0.1, -0.05) is 0 Å². The topological polar surface area (TPSA) is 34.9 Å². The van der Waals surface area contributed by atoms with Gasteiger partial charge < -0.3 is 4.57 Å². The molecular formula is C8H10N2O. The van der Waals surface area contributed by atoms with Crippen LogP contribution in [0.3, 0.4) is 0 Å². The van der Waals surface area contributed by atoms with Crippen molar-refractivity contribution >= 4 is 12.4 Å². The standard InChI is InChI=1S/C8H10N2O/c1-2-10-7-9-6-8(10)4-3-5-11/h3-7H,2H2,1H3. The lowest BCUT2D eigenvalue weighted by molar-refractivity contribution is -0.104. The maximum absolute atomic E-state index is 9.98. The maximum atomic E-state index is 9.98. The van der Waals surface area contributed by atoms with Gasteiger partial charge in [0, 0.05) is 6.54 Å². The third-order valence-corrected chi connectivity index (χ3v) is 1.43. The number of imidazole rings is 1. The van der Waals surface area contributed by atoms with E-state index in [1.807, 2.05) is 11.5 Å². The van der Waals surface area contributed by atoms with Crippen molar-refractivity contribution in [3.05, 3.63) is 24.3 Å². The van der Waals surface area contributed by atoms with E-state index in [1.165, 1.54) is 6.08 Å². The van der Waals surface area contributed by atoms with Crippen molar-refractivity contribution in [2.24, 2.45) is 0 Å². The molecule has 0 fully saturated rings. The van der Waals surface area contributed by atoms with Crippen LogP contribution in [0.1, 0.15) is 12.6 Å². The molecule has 0 aliphatic heterocycles. The van der Waals surface area contributed by atoms with Crippen molar-refractivity contribution in [2.45, 2.75) is 13.5 Å². The van der Waals surface area contributed by atoms with Gasteiger partial charge in [0.1, 0.15) is 6.29 Å². The third kappa shape index (κ3) is 1.77. The van der Waals surface area contributed by atoms with Gasteiger partial charge in [0.2, 0.25) is 0 Å². The molecule has 0 saturated heterocycles. The number of hydrogen-bond donors (Lipinski definition) is 0. The van der Waals surface area contributed by atoms with Gasteiger partial charge in [-0.2, -0.15) is 0 Å². The van der Waals surface area contributed by atoms with E-state index in [9.17, 15) is 4.79 Å². The first-order valence-electron chi connectivity index (χ1n) is 3.50. The first-order chi connectivity index (χ1) is 5.38. The summed E-state index contributed by atoms with van der Waals surface area (Å²) >= 11 is 0. The largest absolute Gasteiger partial charge is 0.331 e. The predicted molar refractivity (Wildman–Crippen MR) is 43.0 cm³/mol. The van der Waals surface area contributed by atoms with Crippen LogP contribution in [0.2, 0.25) is 0 Å². The van der Waals surface area contributed by atoms with Crippen molar-refractivity contribution in [1.82, 2.24) is 9.55 Å². The molecule has 0 amide bonds. The van der Waals surface area contributed by atoms with Gasteiger partial charge in [0.05, 0.1) is 18.2 Å². The lowest BCUT2D eigenvalue weighted by Crippen LogP contribution is -1.93. The van der Waals surface area contributed by atoms with Gasteiger partial charge >= 0.3 is 0 Å². The normalized spacial score (nSPS) is 10.6. The fraction of sp³-hybridized carbons (Fsp3) is 0.250. The molecule has 0 atom stereocenters. The second-order valence-corrected chi connectivity index (χ2v) is 2.10. The lowest BCUT2D eigenvalue weighted by Gasteiger charge is -1.97. The Labute approximate surface area is 65.4 Å². The summed E-state index contributed by atoms with van der Waals surface area (Å²) in [5, 5.41) is 0. The quantitative estimate of drug-likeness (QED) is 0.478. The Morgan fingerprint density at radius 2 is 2.55 bits per heavy atom. The smallest absolute Gasteiger partial charge is 0.142 e. The van der Waals surface area contributed by atoms with E-state index in [4.69, 9.17) is 0 Å². The molecule has 1 aromatic rings. The van der Waals surface area contributed by atoms with E-state index < -0.39 is 0 Å². The fourth-order valence-corrected chi connectivity index (χ4v) is 0.872. The molecule has 0 N–H and O–H groups in total. The molecule has 0 aromatic carbocycles. The van der Waals surface area contributed by atoms with E-state index in [0.717, 1.165) is 18.5 Å². The molecule has 0 aliphatic rings. The van der Waals surface area contributed by atoms with Crippen LogP contribution in [0.4, 0.5) is 0 Å². The Bertz CT molecular complexity index is 263. The lowest BCUT2D eigenvalue weighted by atomic mass is 10.4. The number of aromatic nitrogens is 2. The summed E-state index contributed by atoms with van der Waals surface area (Å²) < 4.78 is 1.96. The van der Waals surface area contributed by atoms with Crippen LogP contribution < -0.4 is 0 Å². The van der Waals surface area contributed by atoms with Crippen molar-refractivity contribution in [1.29, 1.82) is 0 Å². The van der Waals surface area contributed by atoms with E-state index in [0.29, 0.717) is 0 Å². The average Bonchev–Trinajstić information content (AvgIpc) is 2.47. The number of carbonyl (C=O) groups excluding carboxylic acids is 1. The van der Waals surface area contributed by atoms with Crippen LogP contribution in [0.5, 0.6) is 0 Å². The minimum Gasteiger partial charge on any atom is -0.331 e. The summed E-state index contributed by atoms with van der Waals surface area (Å²) in [4.78, 5) is 13.9. The molecule has 1 heterocycles. The van der Waals surface area contributed by atoms with Gasteiger partial charge in [-0.25, -0.2) is 4.98 Å². The Kier molecular flexibility index (Phi) is 2.60. The second kappa shape index (κ2) is 3.71. The Hall–Kier alpha value is -1.38. The van der Waals surface area contributed by atoms with E-state index >= 15 is 0 Å². The highest BCUT2D eigenvalue weighted by molar-refractivity contribution is 5.72. The molecule has 0 radical (unpaired) electrons. The molecule has 0 saturated carbocycles. The summed E-state index contributed by atoms with van der Waals surface area (Å²) in [5.74, 6) is 0. The van der Waals surface area contributed by atoms with Gasteiger partial charge in [-0.05, 0) is 19.1 Å². The van der Waals surface area contributed by atoms with Crippen molar-refractivity contribution in [3.63, 3.8) is 0 Å². The Morgan fingerprint density at radius 1 is 1.73 bits per heavy atom. The van der Waals surface area contributed by atoms with Gasteiger partial charge in [0.15, 0.2) is 0 Å². The third-order valence-electron chi connectivity index (χ3n) is 1.43. The summed E-state index contributed by atoms with van der Waals surface area (Å²) in [5.41, 5.74) is 0.958. The van der Waals surface area contributed by atoms with Gasteiger partial charge in [0.25, 0.3) is 0 Å². The minimum atomic E-state index is 0.757. The van der Waals surface area contributed by atoms with Crippen molar-refractivity contribution < 1.29 is 4.79 Å². The number of hydrogen-bond acceptors (Lipinski definition) is 2. The average molecular weight is 150 g/mol. The molecule has 0 unspecified atom stereocenters. The molecule has 0 aliphatic carbocycles. The maximum Gasteiger partial charge on any atom is 0.142 e. The monoisotopic (exact) mass is 150 g/mol. The van der Waals surface area contributed by atoms with Crippen LogP contribution in [-0.4, -0.2) is 15.8 Å². The minimum absolute atomic E-state index is 0.757. The molecular weight excluding hydrogens is 140 g/mol. The van der Waals surface area contributed by atoms with Crippen molar-refractivity contribution in [3.8, 4) is 0 Å². The number of nitrogens with zero attached hydrogens (tertiary/aromatic N) is 2. The zero-order valence-corrected chi connectivity index (χ0v) is 6.40. The summed E-state index contributed by atoms with van der Waals surface area (Å²) in [6.07, 6.45) is 7.42. The zero-order valence-electron chi connectivity index (χ0n) is 6.40. The highest BCUT2D eigenvalue weighted by Crippen LogP contribution is 2.00. The molecule has 0 bridgehead atoms. The molecule has 3 heteroatoms. The first kappa shape index (κ1) is 7.72. The van der Waals surface area contributed by atoms with Crippen LogP contribution in [0, 0.1) is 0 Å². The van der Waals surface area contributed by atoms with Crippen LogP contribution in [0.15, 0.2) is 18.6 Å². The highest BCUT2D eigenvalue weighted by atomic mass is 16.1. The predicted octanol–water partition coefficient (Wildman–Crippen LogP) is 1.12. The highest BCUT2D eigenvalue weighted by Gasteiger charge is 1.92. The molecule has 0 spiro atoms. The SMILES string of the molecule is CCn1cncc1C=CC=O. The Balaban J connectivity index is 2.84. The number of aldehydes is 1. The first-order valence-corrected chi connectivity index (χ1v) is 3.50.